The van der Waals surface area contributed by atoms with Crippen molar-refractivity contribution in [3.05, 3.63) is 42.5 Å². The molecule has 0 aromatic heterocycles. The zero-order valence-corrected chi connectivity index (χ0v) is 10.3. The van der Waals surface area contributed by atoms with E-state index in [1.165, 1.54) is 0 Å². The molecule has 0 aliphatic carbocycles. The molecular formula is C14H18O3. The van der Waals surface area contributed by atoms with Gasteiger partial charge in [0.1, 0.15) is 5.75 Å². The molecule has 0 spiro atoms. The molecule has 92 valence electrons. The van der Waals surface area contributed by atoms with Crippen LogP contribution in [0.3, 0.4) is 0 Å². The summed E-state index contributed by atoms with van der Waals surface area (Å²) in [5, 5.41) is 0. The lowest BCUT2D eigenvalue weighted by Gasteiger charge is -2.33. The molecule has 0 saturated carbocycles. The average molecular weight is 234 g/mol. The molecule has 0 amide bonds. The third-order valence-corrected chi connectivity index (χ3v) is 2.97. The first-order valence-corrected chi connectivity index (χ1v) is 5.78. The average Bonchev–Trinajstić information content (AvgIpc) is 2.39. The zero-order chi connectivity index (χ0) is 12.3. The van der Waals surface area contributed by atoms with E-state index in [0.717, 1.165) is 11.3 Å². The summed E-state index contributed by atoms with van der Waals surface area (Å²) in [7, 11) is 1.65. The fourth-order valence-electron chi connectivity index (χ4n) is 1.87. The third-order valence-electron chi connectivity index (χ3n) is 2.97. The minimum Gasteiger partial charge on any atom is -0.497 e. The third kappa shape index (κ3) is 2.68. The van der Waals surface area contributed by atoms with Crippen LogP contribution in [0.2, 0.25) is 0 Å². The molecule has 17 heavy (non-hydrogen) atoms. The highest BCUT2D eigenvalue weighted by molar-refractivity contribution is 5.28. The molecular weight excluding hydrogens is 216 g/mol. The fraction of sp³-hybridized carbons (Fsp3) is 0.429. The lowest BCUT2D eigenvalue weighted by atomic mass is 10.0. The van der Waals surface area contributed by atoms with Gasteiger partial charge in [0, 0.05) is 11.5 Å². The van der Waals surface area contributed by atoms with Crippen molar-refractivity contribution in [1.29, 1.82) is 0 Å². The van der Waals surface area contributed by atoms with Gasteiger partial charge in [-0.15, -0.1) is 6.58 Å². The second-order valence-electron chi connectivity index (χ2n) is 4.25. The summed E-state index contributed by atoms with van der Waals surface area (Å²) in [6, 6.07) is 7.73. The predicted octanol–water partition coefficient (Wildman–Crippen LogP) is 2.93. The molecule has 3 nitrogen and oxygen atoms in total. The van der Waals surface area contributed by atoms with Gasteiger partial charge in [-0.05, 0) is 12.1 Å². The molecule has 1 aliphatic rings. The van der Waals surface area contributed by atoms with Crippen molar-refractivity contribution in [2.75, 3.05) is 13.7 Å². The Morgan fingerprint density at radius 1 is 1.35 bits per heavy atom. The highest BCUT2D eigenvalue weighted by atomic mass is 16.7. The van der Waals surface area contributed by atoms with Crippen molar-refractivity contribution in [2.45, 2.75) is 19.3 Å². The van der Waals surface area contributed by atoms with Gasteiger partial charge in [-0.3, -0.25) is 0 Å². The summed E-state index contributed by atoms with van der Waals surface area (Å²) in [4.78, 5) is 0. The second-order valence-corrected chi connectivity index (χ2v) is 4.25. The van der Waals surface area contributed by atoms with Crippen LogP contribution in [-0.4, -0.2) is 19.8 Å². The van der Waals surface area contributed by atoms with Crippen LogP contribution in [-0.2, 0) is 9.47 Å². The van der Waals surface area contributed by atoms with Gasteiger partial charge in [-0.1, -0.05) is 25.1 Å². The summed E-state index contributed by atoms with van der Waals surface area (Å²) < 4.78 is 16.6. The van der Waals surface area contributed by atoms with E-state index in [1.807, 2.05) is 30.3 Å². The van der Waals surface area contributed by atoms with Gasteiger partial charge in [0.2, 0.25) is 0 Å². The molecule has 1 unspecified atom stereocenters. The minimum atomic E-state index is -0.305. The zero-order valence-electron chi connectivity index (χ0n) is 10.3. The number of ether oxygens (including phenoxy) is 3. The van der Waals surface area contributed by atoms with Gasteiger partial charge in [-0.25, -0.2) is 0 Å². The number of methoxy groups -OCH3 is 1. The standard InChI is InChI=1S/C14H18O3/c1-4-13-10(2)9-16-14(17-13)11-5-7-12(15-3)8-6-11/h4-8,10,13-14H,1,9H2,2-3H3/t10-,13-,14?/m1/s1. The van der Waals surface area contributed by atoms with E-state index in [9.17, 15) is 0 Å². The number of hydrogen-bond acceptors (Lipinski definition) is 3. The SMILES string of the molecule is C=C[C@H]1OC(c2ccc(OC)cc2)OC[C@H]1C. The van der Waals surface area contributed by atoms with Gasteiger partial charge in [-0.2, -0.15) is 0 Å². The van der Waals surface area contributed by atoms with Crippen LogP contribution >= 0.6 is 0 Å². The highest BCUT2D eigenvalue weighted by Crippen LogP contribution is 2.30. The van der Waals surface area contributed by atoms with Gasteiger partial charge in [0.25, 0.3) is 0 Å². The Balaban J connectivity index is 2.09. The van der Waals surface area contributed by atoms with Crippen molar-refractivity contribution in [1.82, 2.24) is 0 Å². The Kier molecular flexibility index (Phi) is 3.82. The normalized spacial score (nSPS) is 28.7. The Morgan fingerprint density at radius 2 is 2.06 bits per heavy atom. The van der Waals surface area contributed by atoms with Gasteiger partial charge >= 0.3 is 0 Å². The van der Waals surface area contributed by atoms with Crippen molar-refractivity contribution in [3.8, 4) is 5.75 Å². The van der Waals surface area contributed by atoms with E-state index in [2.05, 4.69) is 13.5 Å². The second kappa shape index (κ2) is 5.34. The van der Waals surface area contributed by atoms with E-state index in [1.54, 1.807) is 7.11 Å². The summed E-state index contributed by atoms with van der Waals surface area (Å²) in [5.74, 6) is 1.18. The molecule has 1 fully saturated rings. The minimum absolute atomic E-state index is 0.0517. The van der Waals surface area contributed by atoms with Crippen LogP contribution in [0.4, 0.5) is 0 Å². The van der Waals surface area contributed by atoms with E-state index in [0.29, 0.717) is 12.5 Å². The first-order chi connectivity index (χ1) is 8.24. The molecule has 1 aromatic rings. The highest BCUT2D eigenvalue weighted by Gasteiger charge is 2.27. The Bertz CT molecular complexity index is 372. The molecule has 1 aliphatic heterocycles. The van der Waals surface area contributed by atoms with Gasteiger partial charge in [0.15, 0.2) is 6.29 Å². The smallest absolute Gasteiger partial charge is 0.184 e. The predicted molar refractivity (Wildman–Crippen MR) is 65.9 cm³/mol. The maximum atomic E-state index is 5.83. The summed E-state index contributed by atoms with van der Waals surface area (Å²) in [6.45, 7) is 6.57. The van der Waals surface area contributed by atoms with Crippen LogP contribution in [0.25, 0.3) is 0 Å². The van der Waals surface area contributed by atoms with Crippen LogP contribution in [0, 0.1) is 5.92 Å². The molecule has 0 N–H and O–H groups in total. The van der Waals surface area contributed by atoms with Crippen molar-refractivity contribution in [2.24, 2.45) is 5.92 Å². The molecule has 1 aromatic carbocycles. The molecule has 1 heterocycles. The summed E-state index contributed by atoms with van der Waals surface area (Å²) in [6.07, 6.45) is 1.58. The first kappa shape index (κ1) is 12.1. The molecule has 0 bridgehead atoms. The van der Waals surface area contributed by atoms with E-state index in [-0.39, 0.29) is 12.4 Å². The Labute approximate surface area is 102 Å². The maximum Gasteiger partial charge on any atom is 0.184 e. The van der Waals surface area contributed by atoms with Gasteiger partial charge in [0.05, 0.1) is 19.8 Å². The van der Waals surface area contributed by atoms with Crippen molar-refractivity contribution >= 4 is 0 Å². The maximum absolute atomic E-state index is 5.83. The monoisotopic (exact) mass is 234 g/mol. The van der Waals surface area contributed by atoms with E-state index in [4.69, 9.17) is 14.2 Å². The van der Waals surface area contributed by atoms with Crippen LogP contribution in [0.15, 0.2) is 36.9 Å². The van der Waals surface area contributed by atoms with Crippen molar-refractivity contribution < 1.29 is 14.2 Å². The quantitative estimate of drug-likeness (QED) is 0.753. The molecule has 3 heteroatoms. The fourth-order valence-corrected chi connectivity index (χ4v) is 1.87. The lowest BCUT2D eigenvalue weighted by Crippen LogP contribution is -2.33. The molecule has 1 saturated heterocycles. The first-order valence-electron chi connectivity index (χ1n) is 5.78. The molecule has 3 atom stereocenters. The number of hydrogen-bond donors (Lipinski definition) is 0. The van der Waals surface area contributed by atoms with E-state index >= 15 is 0 Å². The van der Waals surface area contributed by atoms with E-state index < -0.39 is 0 Å². The Hall–Kier alpha value is -1.32. The topological polar surface area (TPSA) is 27.7 Å². The summed E-state index contributed by atoms with van der Waals surface area (Å²) in [5.41, 5.74) is 1.00. The molecule has 2 rings (SSSR count). The Morgan fingerprint density at radius 3 is 2.65 bits per heavy atom. The number of rotatable bonds is 3. The van der Waals surface area contributed by atoms with Crippen LogP contribution < -0.4 is 4.74 Å². The molecule has 0 radical (unpaired) electrons. The number of benzene rings is 1. The van der Waals surface area contributed by atoms with Crippen LogP contribution in [0.1, 0.15) is 18.8 Å². The summed E-state index contributed by atoms with van der Waals surface area (Å²) >= 11 is 0. The van der Waals surface area contributed by atoms with Crippen LogP contribution in [0.5, 0.6) is 5.75 Å². The van der Waals surface area contributed by atoms with Crippen molar-refractivity contribution in [3.63, 3.8) is 0 Å². The lowest BCUT2D eigenvalue weighted by molar-refractivity contribution is -0.225. The largest absolute Gasteiger partial charge is 0.497 e. The van der Waals surface area contributed by atoms with Gasteiger partial charge < -0.3 is 14.2 Å².